The number of anilines is 1. The topological polar surface area (TPSA) is 55.8 Å². The molecule has 0 unspecified atom stereocenters. The Morgan fingerprint density at radius 3 is 2.42 bits per heavy atom. The molecule has 0 N–H and O–H groups in total. The summed E-state index contributed by atoms with van der Waals surface area (Å²) in [6, 6.07) is 6.91. The zero-order valence-electron chi connectivity index (χ0n) is 16.0. The van der Waals surface area contributed by atoms with Crippen molar-refractivity contribution in [2.24, 2.45) is 0 Å². The minimum Gasteiger partial charge on any atom is -0.443 e. The Labute approximate surface area is 156 Å². The first-order chi connectivity index (χ1) is 12.3. The van der Waals surface area contributed by atoms with E-state index in [2.05, 4.69) is 13.2 Å². The number of unbranched alkanes of at least 4 members (excludes halogenated alkanes) is 2. The minimum atomic E-state index is -0.632. The number of para-hydroxylation sites is 2. The number of benzene rings is 1. The maximum atomic E-state index is 12.5. The van der Waals surface area contributed by atoms with Crippen LogP contribution in [-0.4, -0.2) is 24.2 Å². The van der Waals surface area contributed by atoms with Gasteiger partial charge in [-0.25, -0.2) is 4.79 Å². The molecule has 0 aliphatic rings. The largest absolute Gasteiger partial charge is 0.443 e. The molecule has 5 nitrogen and oxygen atoms in total. The minimum absolute atomic E-state index is 0.239. The van der Waals surface area contributed by atoms with Crippen LogP contribution in [0.2, 0.25) is 0 Å². The number of esters is 1. The van der Waals surface area contributed by atoms with Gasteiger partial charge in [-0.1, -0.05) is 24.3 Å². The average molecular weight is 359 g/mol. The van der Waals surface area contributed by atoms with Gasteiger partial charge in [0, 0.05) is 13.0 Å². The molecule has 0 aliphatic heterocycles. The van der Waals surface area contributed by atoms with Gasteiger partial charge in [0.15, 0.2) is 5.75 Å². The highest BCUT2D eigenvalue weighted by Gasteiger charge is 2.25. The van der Waals surface area contributed by atoms with E-state index in [-0.39, 0.29) is 12.5 Å². The van der Waals surface area contributed by atoms with Gasteiger partial charge in [0.25, 0.3) is 0 Å². The first kappa shape index (κ1) is 21.5. The quantitative estimate of drug-likeness (QED) is 0.261. The standard InChI is InChI=1S/C21H29NO4/c1-6-8-9-10-15-19(23)25-18-14-12-11-13-17(18)22(16-7-2)20(24)26-21(3,4)5/h6-7,11-14H,1-2,8-10,15-16H2,3-5H3. The number of nitrogens with zero attached hydrogens (tertiary/aromatic N) is 1. The van der Waals surface area contributed by atoms with Crippen molar-refractivity contribution in [1.82, 2.24) is 0 Å². The molecule has 0 radical (unpaired) electrons. The number of amides is 1. The number of hydrogen-bond acceptors (Lipinski definition) is 4. The fraction of sp³-hybridized carbons (Fsp3) is 0.429. The Bertz CT molecular complexity index is 631. The molecule has 0 spiro atoms. The molecule has 0 heterocycles. The van der Waals surface area contributed by atoms with E-state index in [0.717, 1.165) is 19.3 Å². The van der Waals surface area contributed by atoms with E-state index in [1.165, 1.54) is 4.90 Å². The Balaban J connectivity index is 2.92. The van der Waals surface area contributed by atoms with Gasteiger partial charge in [0.1, 0.15) is 5.60 Å². The highest BCUT2D eigenvalue weighted by atomic mass is 16.6. The van der Waals surface area contributed by atoms with Crippen LogP contribution < -0.4 is 9.64 Å². The smallest absolute Gasteiger partial charge is 0.415 e. The molecule has 5 heteroatoms. The summed E-state index contributed by atoms with van der Waals surface area (Å²) in [6.07, 6.45) is 5.71. The highest BCUT2D eigenvalue weighted by Crippen LogP contribution is 2.30. The van der Waals surface area contributed by atoms with Crippen molar-refractivity contribution < 1.29 is 19.1 Å². The van der Waals surface area contributed by atoms with Gasteiger partial charge in [-0.15, -0.1) is 13.2 Å². The fourth-order valence-corrected chi connectivity index (χ4v) is 2.22. The van der Waals surface area contributed by atoms with Crippen LogP contribution in [0, 0.1) is 0 Å². The van der Waals surface area contributed by atoms with Gasteiger partial charge in [-0.05, 0) is 52.2 Å². The van der Waals surface area contributed by atoms with Crippen molar-refractivity contribution in [3.63, 3.8) is 0 Å². The Kier molecular flexibility index (Phi) is 8.62. The molecule has 1 aromatic carbocycles. The van der Waals surface area contributed by atoms with Crippen LogP contribution in [0.4, 0.5) is 10.5 Å². The van der Waals surface area contributed by atoms with Gasteiger partial charge >= 0.3 is 12.1 Å². The molecule has 0 fully saturated rings. The van der Waals surface area contributed by atoms with Crippen LogP contribution in [0.3, 0.4) is 0 Å². The predicted molar refractivity (Wildman–Crippen MR) is 105 cm³/mol. The van der Waals surface area contributed by atoms with E-state index in [1.54, 1.807) is 51.1 Å². The number of hydrogen-bond donors (Lipinski definition) is 0. The number of carbonyl (C=O) groups is 2. The van der Waals surface area contributed by atoms with Gasteiger partial charge < -0.3 is 9.47 Å². The molecule has 0 saturated heterocycles. The number of ether oxygens (including phenoxy) is 2. The van der Waals surface area contributed by atoms with Crippen molar-refractivity contribution in [3.05, 3.63) is 49.6 Å². The number of allylic oxidation sites excluding steroid dienone is 1. The van der Waals surface area contributed by atoms with Crippen molar-refractivity contribution >= 4 is 17.7 Å². The molecule has 26 heavy (non-hydrogen) atoms. The predicted octanol–water partition coefficient (Wildman–Crippen LogP) is 5.27. The van der Waals surface area contributed by atoms with E-state index < -0.39 is 11.7 Å². The fourth-order valence-electron chi connectivity index (χ4n) is 2.22. The number of rotatable bonds is 9. The zero-order chi connectivity index (χ0) is 19.6. The lowest BCUT2D eigenvalue weighted by Gasteiger charge is -2.27. The normalized spacial score (nSPS) is 10.7. The third-order valence-electron chi connectivity index (χ3n) is 3.34. The molecule has 0 aliphatic carbocycles. The van der Waals surface area contributed by atoms with Gasteiger partial charge in [-0.3, -0.25) is 9.69 Å². The SMILES string of the molecule is C=CCCCCC(=O)Oc1ccccc1N(CC=C)C(=O)OC(C)(C)C. The first-order valence-electron chi connectivity index (χ1n) is 8.80. The summed E-state index contributed by atoms with van der Waals surface area (Å²) in [5.74, 6) is -0.00168. The van der Waals surface area contributed by atoms with Crippen LogP contribution in [0.15, 0.2) is 49.6 Å². The molecule has 0 saturated carbocycles. The summed E-state index contributed by atoms with van der Waals surface area (Å²) in [4.78, 5) is 26.0. The van der Waals surface area contributed by atoms with Gasteiger partial charge in [0.2, 0.25) is 0 Å². The maximum absolute atomic E-state index is 12.5. The van der Waals surface area contributed by atoms with E-state index in [9.17, 15) is 9.59 Å². The molecular formula is C21H29NO4. The van der Waals surface area contributed by atoms with E-state index in [1.807, 2.05) is 6.08 Å². The molecule has 1 aromatic rings. The second-order valence-corrected chi connectivity index (χ2v) is 6.86. The monoisotopic (exact) mass is 359 g/mol. The summed E-state index contributed by atoms with van der Waals surface area (Å²) < 4.78 is 10.9. The van der Waals surface area contributed by atoms with Crippen molar-refractivity contribution in [2.45, 2.75) is 52.1 Å². The second kappa shape index (κ2) is 10.4. The van der Waals surface area contributed by atoms with E-state index in [4.69, 9.17) is 9.47 Å². The lowest BCUT2D eigenvalue weighted by atomic mass is 10.2. The van der Waals surface area contributed by atoms with Gasteiger partial charge in [0.05, 0.1) is 5.69 Å². The van der Waals surface area contributed by atoms with Crippen LogP contribution in [-0.2, 0) is 9.53 Å². The molecular weight excluding hydrogens is 330 g/mol. The molecule has 1 amide bonds. The maximum Gasteiger partial charge on any atom is 0.415 e. The Hall–Kier alpha value is -2.56. The molecule has 142 valence electrons. The summed E-state index contributed by atoms with van der Waals surface area (Å²) in [7, 11) is 0. The first-order valence-corrected chi connectivity index (χ1v) is 8.80. The summed E-state index contributed by atoms with van der Waals surface area (Å²) in [5, 5.41) is 0. The average Bonchev–Trinajstić information content (AvgIpc) is 2.56. The second-order valence-electron chi connectivity index (χ2n) is 6.86. The molecule has 0 atom stereocenters. The third kappa shape index (κ3) is 7.55. The zero-order valence-corrected chi connectivity index (χ0v) is 16.0. The molecule has 0 bridgehead atoms. The summed E-state index contributed by atoms with van der Waals surface area (Å²) >= 11 is 0. The lowest BCUT2D eigenvalue weighted by molar-refractivity contribution is -0.134. The van der Waals surface area contributed by atoms with Crippen molar-refractivity contribution in [3.8, 4) is 5.75 Å². The van der Waals surface area contributed by atoms with Crippen molar-refractivity contribution in [1.29, 1.82) is 0 Å². The third-order valence-corrected chi connectivity index (χ3v) is 3.34. The Morgan fingerprint density at radius 1 is 1.12 bits per heavy atom. The number of carbonyl (C=O) groups excluding carboxylic acids is 2. The summed E-state index contributed by atoms with van der Waals surface area (Å²) in [5.41, 5.74) is -0.158. The van der Waals surface area contributed by atoms with Crippen LogP contribution >= 0.6 is 0 Å². The molecule has 0 aromatic heterocycles. The van der Waals surface area contributed by atoms with Crippen LogP contribution in [0.25, 0.3) is 0 Å². The summed E-state index contributed by atoms with van der Waals surface area (Å²) in [6.45, 7) is 13.0. The van der Waals surface area contributed by atoms with Crippen LogP contribution in [0.5, 0.6) is 5.75 Å². The van der Waals surface area contributed by atoms with Crippen LogP contribution in [0.1, 0.15) is 46.5 Å². The highest BCUT2D eigenvalue weighted by molar-refractivity contribution is 5.91. The lowest BCUT2D eigenvalue weighted by Crippen LogP contribution is -2.37. The van der Waals surface area contributed by atoms with Crippen molar-refractivity contribution in [2.75, 3.05) is 11.4 Å². The van der Waals surface area contributed by atoms with E-state index >= 15 is 0 Å². The Morgan fingerprint density at radius 2 is 1.81 bits per heavy atom. The van der Waals surface area contributed by atoms with Gasteiger partial charge in [-0.2, -0.15) is 0 Å². The molecule has 1 rings (SSSR count). The van der Waals surface area contributed by atoms with E-state index in [0.29, 0.717) is 17.9 Å².